The number of hydrogen-bond acceptors (Lipinski definition) is 2. The molecule has 2 nitrogen and oxygen atoms in total. The molecule has 0 aromatic heterocycles. The van der Waals surface area contributed by atoms with Crippen LogP contribution >= 0.6 is 11.6 Å². The van der Waals surface area contributed by atoms with E-state index in [1.807, 2.05) is 37.3 Å². The predicted molar refractivity (Wildman–Crippen MR) is 89.6 cm³/mol. The van der Waals surface area contributed by atoms with Gasteiger partial charge in [-0.25, -0.2) is 0 Å². The molecule has 0 heterocycles. The summed E-state index contributed by atoms with van der Waals surface area (Å²) in [6.07, 6.45) is 4.13. The Morgan fingerprint density at radius 1 is 1.19 bits per heavy atom. The van der Waals surface area contributed by atoms with Gasteiger partial charge in [0.05, 0.1) is 6.61 Å². The second kappa shape index (κ2) is 7.56. The van der Waals surface area contributed by atoms with Gasteiger partial charge in [0.2, 0.25) is 0 Å². The summed E-state index contributed by atoms with van der Waals surface area (Å²) >= 11 is 6.11. The van der Waals surface area contributed by atoms with Gasteiger partial charge in [-0.1, -0.05) is 31.2 Å². The second-order valence-electron chi connectivity index (χ2n) is 5.44. The first-order valence-corrected chi connectivity index (χ1v) is 8.05. The van der Waals surface area contributed by atoms with Crippen molar-refractivity contribution in [1.82, 2.24) is 0 Å². The molecule has 2 aromatic rings. The van der Waals surface area contributed by atoms with E-state index in [-0.39, 0.29) is 5.38 Å². The summed E-state index contributed by atoms with van der Waals surface area (Å²) in [4.78, 5) is 0. The van der Waals surface area contributed by atoms with Crippen LogP contribution in [-0.4, -0.2) is 17.1 Å². The summed E-state index contributed by atoms with van der Waals surface area (Å²) in [5.74, 6) is 1.18. The van der Waals surface area contributed by atoms with E-state index in [9.17, 15) is 5.11 Å². The molecule has 0 saturated heterocycles. The van der Waals surface area contributed by atoms with Gasteiger partial charge in [0.1, 0.15) is 11.5 Å². The molecule has 114 valence electrons. The average Bonchev–Trinajstić information content (AvgIpc) is 2.51. The normalized spacial score (nSPS) is 12.5. The van der Waals surface area contributed by atoms with Crippen LogP contribution in [0.3, 0.4) is 0 Å². The van der Waals surface area contributed by atoms with Gasteiger partial charge in [0.15, 0.2) is 0 Å². The summed E-state index contributed by atoms with van der Waals surface area (Å²) < 4.78 is 5.92. The van der Waals surface area contributed by atoms with Crippen LogP contribution in [0.5, 0.6) is 11.5 Å². The zero-order valence-electron chi connectivity index (χ0n) is 12.7. The van der Waals surface area contributed by atoms with Crippen molar-refractivity contribution in [2.24, 2.45) is 0 Å². The molecule has 1 unspecified atom stereocenters. The third-order valence-electron chi connectivity index (χ3n) is 3.78. The fourth-order valence-corrected chi connectivity index (χ4v) is 2.59. The molecule has 2 aromatic carbocycles. The number of phenols is 1. The van der Waals surface area contributed by atoms with E-state index in [2.05, 4.69) is 6.92 Å². The Hall–Kier alpha value is -1.41. The Morgan fingerprint density at radius 2 is 1.90 bits per heavy atom. The largest absolute Gasteiger partial charge is 0.507 e. The maximum Gasteiger partial charge on any atom is 0.127 e. The number of unbranched alkanes of at least 4 members (excludes halogenated alkanes) is 1. The Labute approximate surface area is 131 Å². The zero-order valence-corrected chi connectivity index (χ0v) is 13.5. The molecule has 0 radical (unpaired) electrons. The summed E-state index contributed by atoms with van der Waals surface area (Å²) in [7, 11) is 0. The number of fused-ring (bicyclic) bond motifs is 1. The Balaban J connectivity index is 2.01. The van der Waals surface area contributed by atoms with E-state index in [1.165, 1.54) is 0 Å². The predicted octanol–water partition coefficient (Wildman–Crippen LogP) is 5.42. The van der Waals surface area contributed by atoms with Crippen LogP contribution in [0.2, 0.25) is 0 Å². The van der Waals surface area contributed by atoms with Gasteiger partial charge in [-0.15, -0.1) is 11.6 Å². The highest BCUT2D eigenvalue weighted by Gasteiger charge is 2.09. The van der Waals surface area contributed by atoms with Crippen molar-refractivity contribution < 1.29 is 9.84 Å². The monoisotopic (exact) mass is 306 g/mol. The average molecular weight is 307 g/mol. The van der Waals surface area contributed by atoms with Crippen LogP contribution in [0, 0.1) is 6.92 Å². The number of halogens is 1. The first-order valence-electron chi connectivity index (χ1n) is 7.61. The van der Waals surface area contributed by atoms with Crippen molar-refractivity contribution in [3.63, 3.8) is 0 Å². The van der Waals surface area contributed by atoms with E-state index in [0.717, 1.165) is 47.8 Å². The summed E-state index contributed by atoms with van der Waals surface area (Å²) in [6, 6.07) is 9.70. The summed E-state index contributed by atoms with van der Waals surface area (Å²) in [5, 5.41) is 12.2. The molecular formula is C18H23ClO2. The van der Waals surface area contributed by atoms with Gasteiger partial charge in [0, 0.05) is 16.1 Å². The number of aryl methyl sites for hydroxylation is 1. The zero-order chi connectivity index (χ0) is 15.2. The van der Waals surface area contributed by atoms with Crippen LogP contribution in [0.1, 0.15) is 38.2 Å². The lowest BCUT2D eigenvalue weighted by molar-refractivity contribution is 0.307. The molecular weight excluding hydrogens is 284 g/mol. The fourth-order valence-electron chi connectivity index (χ4n) is 2.43. The quantitative estimate of drug-likeness (QED) is 0.546. The van der Waals surface area contributed by atoms with E-state index in [4.69, 9.17) is 16.3 Å². The van der Waals surface area contributed by atoms with E-state index in [0.29, 0.717) is 12.4 Å². The lowest BCUT2D eigenvalue weighted by Gasteiger charge is -2.13. The summed E-state index contributed by atoms with van der Waals surface area (Å²) in [5.41, 5.74) is 0.843. The fraction of sp³-hybridized carbons (Fsp3) is 0.444. The van der Waals surface area contributed by atoms with Crippen molar-refractivity contribution in [2.45, 2.75) is 44.9 Å². The number of benzene rings is 2. The molecule has 0 fully saturated rings. The van der Waals surface area contributed by atoms with Crippen LogP contribution in [-0.2, 0) is 0 Å². The van der Waals surface area contributed by atoms with Crippen molar-refractivity contribution in [3.8, 4) is 11.5 Å². The van der Waals surface area contributed by atoms with Crippen LogP contribution in [0.15, 0.2) is 30.3 Å². The van der Waals surface area contributed by atoms with Crippen LogP contribution < -0.4 is 4.74 Å². The number of hydrogen-bond donors (Lipinski definition) is 1. The maximum atomic E-state index is 10.1. The highest BCUT2D eigenvalue weighted by atomic mass is 35.5. The highest BCUT2D eigenvalue weighted by Crippen LogP contribution is 2.35. The van der Waals surface area contributed by atoms with E-state index < -0.39 is 0 Å². The molecule has 2 rings (SSSR count). The van der Waals surface area contributed by atoms with Crippen molar-refractivity contribution in [2.75, 3.05) is 6.61 Å². The number of aromatic hydroxyl groups is 1. The van der Waals surface area contributed by atoms with E-state index in [1.54, 1.807) is 0 Å². The molecule has 0 amide bonds. The third kappa shape index (κ3) is 4.04. The number of rotatable bonds is 7. The van der Waals surface area contributed by atoms with Gasteiger partial charge in [-0.2, -0.15) is 0 Å². The Morgan fingerprint density at radius 3 is 2.62 bits per heavy atom. The molecule has 0 aliphatic carbocycles. The van der Waals surface area contributed by atoms with Gasteiger partial charge in [-0.05, 0) is 44.2 Å². The first kappa shape index (κ1) is 16.0. The van der Waals surface area contributed by atoms with Crippen molar-refractivity contribution in [1.29, 1.82) is 0 Å². The van der Waals surface area contributed by atoms with Gasteiger partial charge < -0.3 is 9.84 Å². The van der Waals surface area contributed by atoms with Gasteiger partial charge in [0.25, 0.3) is 0 Å². The number of phenolic OH excluding ortho intramolecular Hbond substituents is 1. The smallest absolute Gasteiger partial charge is 0.127 e. The number of ether oxygens (including phenoxy) is 1. The molecule has 1 N–H and O–H groups in total. The maximum absolute atomic E-state index is 10.1. The lowest BCUT2D eigenvalue weighted by Crippen LogP contribution is -2.01. The molecule has 21 heavy (non-hydrogen) atoms. The van der Waals surface area contributed by atoms with Gasteiger partial charge in [-0.3, -0.25) is 0 Å². The highest BCUT2D eigenvalue weighted by molar-refractivity contribution is 6.20. The van der Waals surface area contributed by atoms with Crippen LogP contribution in [0.4, 0.5) is 0 Å². The third-order valence-corrected chi connectivity index (χ3v) is 4.31. The molecule has 0 aliphatic heterocycles. The molecule has 0 bridgehead atoms. The minimum Gasteiger partial charge on any atom is -0.507 e. The molecule has 0 spiro atoms. The molecule has 0 aliphatic rings. The van der Waals surface area contributed by atoms with Gasteiger partial charge >= 0.3 is 0 Å². The number of alkyl halides is 1. The summed E-state index contributed by atoms with van der Waals surface area (Å²) in [6.45, 7) is 4.69. The Bertz CT molecular complexity index is 595. The van der Waals surface area contributed by atoms with Crippen LogP contribution in [0.25, 0.3) is 10.8 Å². The second-order valence-corrected chi connectivity index (χ2v) is 6.05. The first-order chi connectivity index (χ1) is 10.1. The SMILES string of the molecule is CCC(Cl)CCCCOc1cc(C)c(O)c2ccccc12. The van der Waals surface area contributed by atoms with E-state index >= 15 is 0 Å². The molecule has 3 heteroatoms. The molecule has 1 atom stereocenters. The Kier molecular flexibility index (Phi) is 5.75. The topological polar surface area (TPSA) is 29.5 Å². The van der Waals surface area contributed by atoms with Crippen molar-refractivity contribution in [3.05, 3.63) is 35.9 Å². The standard InChI is InChI=1S/C18H23ClO2/c1-3-14(19)8-6-7-11-21-17-12-13(2)18(20)16-10-5-4-9-15(16)17/h4-5,9-10,12,14,20H,3,6-8,11H2,1-2H3. The van der Waals surface area contributed by atoms with Crippen molar-refractivity contribution >= 4 is 22.4 Å². The molecule has 0 saturated carbocycles. The minimum absolute atomic E-state index is 0.279. The lowest BCUT2D eigenvalue weighted by atomic mass is 10.0. The minimum atomic E-state index is 0.279.